The zero-order valence-electron chi connectivity index (χ0n) is 7.86. The molecule has 0 saturated heterocycles. The predicted molar refractivity (Wildman–Crippen MR) is 61.2 cm³/mol. The first-order valence-electron chi connectivity index (χ1n) is 4.52. The predicted octanol–water partition coefficient (Wildman–Crippen LogP) is 2.86. The number of benzene rings is 1. The van der Waals surface area contributed by atoms with Crippen LogP contribution in [0.5, 0.6) is 5.75 Å². The van der Waals surface area contributed by atoms with Crippen molar-refractivity contribution < 1.29 is 9.15 Å². The van der Waals surface area contributed by atoms with E-state index in [4.69, 9.17) is 20.8 Å². The molecule has 0 bridgehead atoms. The van der Waals surface area contributed by atoms with Crippen LogP contribution in [-0.2, 0) is 0 Å². The molecule has 2 aromatic rings. The number of alkyl halides is 1. The van der Waals surface area contributed by atoms with Crippen molar-refractivity contribution in [3.05, 3.63) is 27.9 Å². The summed E-state index contributed by atoms with van der Waals surface area (Å²) >= 11 is 6.62. The summed E-state index contributed by atoms with van der Waals surface area (Å²) in [6.07, 6.45) is 0.799. The van der Waals surface area contributed by atoms with Gasteiger partial charge >= 0.3 is 4.94 Å². The van der Waals surface area contributed by atoms with Gasteiger partial charge in [0, 0.05) is 11.9 Å². The van der Waals surface area contributed by atoms with E-state index in [0.717, 1.165) is 22.5 Å². The van der Waals surface area contributed by atoms with Crippen molar-refractivity contribution in [1.29, 1.82) is 0 Å². The molecule has 1 heterocycles. The molecule has 3 nitrogen and oxygen atoms in total. The molecule has 0 aliphatic heterocycles. The summed E-state index contributed by atoms with van der Waals surface area (Å²) in [5.74, 6) is 1.28. The third-order valence-corrected chi connectivity index (χ3v) is 2.92. The third-order valence-electron chi connectivity index (χ3n) is 1.85. The summed E-state index contributed by atoms with van der Waals surface area (Å²) < 4.78 is 11.2. The van der Waals surface area contributed by atoms with Gasteiger partial charge in [-0.1, -0.05) is 11.3 Å². The molecule has 0 fully saturated rings. The van der Waals surface area contributed by atoms with E-state index in [1.165, 1.54) is 0 Å². The Hall–Kier alpha value is -1.00. The normalized spacial score (nSPS) is 10.7. The highest BCUT2D eigenvalue weighted by atomic mass is 35.5. The van der Waals surface area contributed by atoms with E-state index in [2.05, 4.69) is 0 Å². The van der Waals surface area contributed by atoms with E-state index in [-0.39, 0.29) is 4.94 Å². The highest BCUT2D eigenvalue weighted by Gasteiger charge is 2.03. The first-order chi connectivity index (χ1) is 7.29. The maximum Gasteiger partial charge on any atom is 0.396 e. The van der Waals surface area contributed by atoms with Crippen LogP contribution >= 0.6 is 22.9 Å². The van der Waals surface area contributed by atoms with Gasteiger partial charge in [-0.3, -0.25) is 0 Å². The Morgan fingerprint density at radius 1 is 1.47 bits per heavy atom. The average Bonchev–Trinajstić information content (AvgIpc) is 2.57. The molecule has 0 saturated carbocycles. The van der Waals surface area contributed by atoms with Crippen molar-refractivity contribution in [2.45, 2.75) is 6.42 Å². The molecule has 0 unspecified atom stereocenters. The Morgan fingerprint density at radius 2 is 2.33 bits per heavy atom. The fourth-order valence-corrected chi connectivity index (χ4v) is 1.94. The third kappa shape index (κ3) is 2.52. The number of fused-ring (bicyclic) bond motifs is 1. The van der Waals surface area contributed by atoms with Crippen LogP contribution in [0.15, 0.2) is 27.4 Å². The Balaban J connectivity index is 2.19. The van der Waals surface area contributed by atoms with Gasteiger partial charge in [0.05, 0.1) is 11.3 Å². The van der Waals surface area contributed by atoms with Crippen LogP contribution in [0.1, 0.15) is 6.42 Å². The molecule has 0 aliphatic carbocycles. The molecule has 0 spiro atoms. The number of hydrogen-bond donors (Lipinski definition) is 0. The first-order valence-corrected chi connectivity index (χ1v) is 5.87. The van der Waals surface area contributed by atoms with Crippen molar-refractivity contribution in [2.75, 3.05) is 12.5 Å². The van der Waals surface area contributed by atoms with Gasteiger partial charge in [-0.05, 0) is 18.6 Å². The molecule has 5 heteroatoms. The van der Waals surface area contributed by atoms with E-state index in [9.17, 15) is 4.79 Å². The van der Waals surface area contributed by atoms with Crippen LogP contribution in [0.3, 0.4) is 0 Å². The topological polar surface area (TPSA) is 39.4 Å². The lowest BCUT2D eigenvalue weighted by Gasteiger charge is -2.03. The molecule has 0 amide bonds. The zero-order chi connectivity index (χ0) is 10.7. The largest absolute Gasteiger partial charge is 0.493 e. The molecule has 80 valence electrons. The van der Waals surface area contributed by atoms with E-state index in [1.54, 1.807) is 6.07 Å². The minimum Gasteiger partial charge on any atom is -0.493 e. The molecule has 0 radical (unpaired) electrons. The van der Waals surface area contributed by atoms with Crippen LogP contribution in [0, 0.1) is 0 Å². The molecular weight excluding hydrogens is 236 g/mol. The van der Waals surface area contributed by atoms with Gasteiger partial charge in [0.2, 0.25) is 0 Å². The second-order valence-corrected chi connectivity index (χ2v) is 4.31. The van der Waals surface area contributed by atoms with Gasteiger partial charge in [0.1, 0.15) is 5.75 Å². The van der Waals surface area contributed by atoms with Crippen LogP contribution in [0.2, 0.25) is 0 Å². The zero-order valence-corrected chi connectivity index (χ0v) is 9.44. The lowest BCUT2D eigenvalue weighted by atomic mass is 10.3. The molecular formula is C10H9ClO3S. The Morgan fingerprint density at radius 3 is 3.13 bits per heavy atom. The van der Waals surface area contributed by atoms with Crippen molar-refractivity contribution >= 4 is 33.2 Å². The van der Waals surface area contributed by atoms with Gasteiger partial charge < -0.3 is 9.15 Å². The van der Waals surface area contributed by atoms with Crippen molar-refractivity contribution in [3.8, 4) is 5.75 Å². The molecule has 2 rings (SSSR count). The molecule has 0 N–H and O–H groups in total. The maximum absolute atomic E-state index is 11.0. The average molecular weight is 245 g/mol. The fourth-order valence-electron chi connectivity index (χ4n) is 1.19. The second kappa shape index (κ2) is 4.68. The van der Waals surface area contributed by atoms with Gasteiger partial charge in [-0.2, -0.15) is 0 Å². The summed E-state index contributed by atoms with van der Waals surface area (Å²) in [5.41, 5.74) is 0.577. The molecule has 1 aromatic carbocycles. The highest BCUT2D eigenvalue weighted by molar-refractivity contribution is 7.16. The minimum absolute atomic E-state index is 0.289. The SMILES string of the molecule is O=c1oc2cc(OCCCCl)ccc2s1. The maximum atomic E-state index is 11.0. The van der Waals surface area contributed by atoms with Crippen molar-refractivity contribution in [2.24, 2.45) is 0 Å². The van der Waals surface area contributed by atoms with Gasteiger partial charge in [-0.15, -0.1) is 11.6 Å². The fraction of sp³-hybridized carbons (Fsp3) is 0.300. The van der Waals surface area contributed by atoms with Crippen LogP contribution < -0.4 is 9.68 Å². The second-order valence-electron chi connectivity index (χ2n) is 2.95. The summed E-state index contributed by atoms with van der Waals surface area (Å²) in [5, 5.41) is 0. The monoisotopic (exact) mass is 244 g/mol. The van der Waals surface area contributed by atoms with Gasteiger partial charge in [0.25, 0.3) is 0 Å². The van der Waals surface area contributed by atoms with Crippen LogP contribution in [0.4, 0.5) is 0 Å². The van der Waals surface area contributed by atoms with E-state index < -0.39 is 0 Å². The Labute approximate surface area is 95.2 Å². The van der Waals surface area contributed by atoms with Crippen molar-refractivity contribution in [1.82, 2.24) is 0 Å². The summed E-state index contributed by atoms with van der Waals surface area (Å²) in [7, 11) is 0. The standard InChI is InChI=1S/C10H9ClO3S/c11-4-1-5-13-7-2-3-9-8(6-7)14-10(12)15-9/h2-3,6H,1,4-5H2. The molecule has 0 aliphatic rings. The summed E-state index contributed by atoms with van der Waals surface area (Å²) in [4.78, 5) is 10.7. The number of rotatable bonds is 4. The number of ether oxygens (including phenoxy) is 1. The Bertz CT molecular complexity index is 503. The van der Waals surface area contributed by atoms with Crippen LogP contribution in [0.25, 0.3) is 10.3 Å². The number of halogens is 1. The minimum atomic E-state index is -0.289. The van der Waals surface area contributed by atoms with Crippen molar-refractivity contribution in [3.63, 3.8) is 0 Å². The van der Waals surface area contributed by atoms with Crippen LogP contribution in [-0.4, -0.2) is 12.5 Å². The lowest BCUT2D eigenvalue weighted by Crippen LogP contribution is -1.97. The van der Waals surface area contributed by atoms with E-state index in [1.807, 2.05) is 12.1 Å². The summed E-state index contributed by atoms with van der Waals surface area (Å²) in [6, 6.07) is 5.37. The molecule has 15 heavy (non-hydrogen) atoms. The number of hydrogen-bond acceptors (Lipinski definition) is 4. The lowest BCUT2D eigenvalue weighted by molar-refractivity contribution is 0.318. The first kappa shape index (κ1) is 10.5. The van der Waals surface area contributed by atoms with Gasteiger partial charge in [0.15, 0.2) is 5.58 Å². The quantitative estimate of drug-likeness (QED) is 0.613. The van der Waals surface area contributed by atoms with E-state index in [0.29, 0.717) is 23.8 Å². The molecule has 0 atom stereocenters. The Kier molecular flexibility index (Phi) is 3.28. The highest BCUT2D eigenvalue weighted by Crippen LogP contribution is 2.22. The van der Waals surface area contributed by atoms with Gasteiger partial charge in [-0.25, -0.2) is 4.79 Å². The van der Waals surface area contributed by atoms with E-state index >= 15 is 0 Å². The smallest absolute Gasteiger partial charge is 0.396 e. The summed E-state index contributed by atoms with van der Waals surface area (Å²) in [6.45, 7) is 0.573. The molecule has 1 aromatic heterocycles.